The van der Waals surface area contributed by atoms with Crippen molar-refractivity contribution in [2.24, 2.45) is 0 Å². The zero-order chi connectivity index (χ0) is 32.9. The van der Waals surface area contributed by atoms with Gasteiger partial charge in [0.2, 0.25) is 5.79 Å². The molecule has 1 aliphatic heterocycles. The number of benzene rings is 4. The van der Waals surface area contributed by atoms with Crippen LogP contribution in [-0.2, 0) is 54.8 Å². The first kappa shape index (κ1) is 34.3. The normalized spacial score (nSPS) is 24.7. The molecule has 1 heterocycles. The molecule has 6 nitrogen and oxygen atoms in total. The molecule has 48 heavy (non-hydrogen) atoms. The molecule has 2 fully saturated rings. The van der Waals surface area contributed by atoms with Gasteiger partial charge in [0.05, 0.1) is 39.1 Å². The second kappa shape index (κ2) is 17.7. The first-order valence-corrected chi connectivity index (χ1v) is 17.3. The number of hydrogen-bond acceptors (Lipinski definition) is 6. The highest BCUT2D eigenvalue weighted by molar-refractivity contribution is 5.17. The molecule has 5 atom stereocenters. The molecule has 2 aliphatic rings. The van der Waals surface area contributed by atoms with Gasteiger partial charge in [-0.25, -0.2) is 0 Å². The summed E-state index contributed by atoms with van der Waals surface area (Å²) in [6, 6.07) is 40.7. The van der Waals surface area contributed by atoms with Crippen LogP contribution in [0.2, 0.25) is 0 Å². The summed E-state index contributed by atoms with van der Waals surface area (Å²) in [5.41, 5.74) is 4.25. The molecule has 1 saturated carbocycles. The van der Waals surface area contributed by atoms with E-state index in [0.29, 0.717) is 26.4 Å². The maximum Gasteiger partial charge on any atom is 0.218 e. The van der Waals surface area contributed by atoms with Crippen LogP contribution in [0, 0.1) is 0 Å². The van der Waals surface area contributed by atoms with Crippen LogP contribution in [0.5, 0.6) is 0 Å². The molecule has 4 aromatic rings. The first-order valence-electron chi connectivity index (χ1n) is 17.3. The molecule has 2 unspecified atom stereocenters. The lowest BCUT2D eigenvalue weighted by molar-refractivity contribution is -0.373. The molecule has 1 saturated heterocycles. The summed E-state index contributed by atoms with van der Waals surface area (Å²) in [5.74, 6) is -1.29. The van der Waals surface area contributed by atoms with Crippen LogP contribution >= 0.6 is 0 Å². The van der Waals surface area contributed by atoms with Gasteiger partial charge in [0.1, 0.15) is 24.4 Å². The van der Waals surface area contributed by atoms with E-state index < -0.39 is 30.2 Å². The molecule has 4 aromatic carbocycles. The van der Waals surface area contributed by atoms with E-state index in [-0.39, 0.29) is 12.7 Å². The third kappa shape index (κ3) is 9.29. The van der Waals surface area contributed by atoms with Crippen LogP contribution in [-0.4, -0.2) is 42.9 Å². The molecule has 0 spiro atoms. The Morgan fingerprint density at radius 1 is 0.583 bits per heavy atom. The van der Waals surface area contributed by atoms with E-state index in [4.69, 9.17) is 28.4 Å². The second-order valence-corrected chi connectivity index (χ2v) is 12.7. The van der Waals surface area contributed by atoms with Crippen LogP contribution in [0.3, 0.4) is 0 Å². The lowest BCUT2D eigenvalue weighted by Crippen LogP contribution is -2.68. The van der Waals surface area contributed by atoms with Crippen molar-refractivity contribution in [1.82, 2.24) is 0 Å². The molecule has 0 N–H and O–H groups in total. The van der Waals surface area contributed by atoms with Crippen molar-refractivity contribution in [1.29, 1.82) is 0 Å². The van der Waals surface area contributed by atoms with E-state index in [1.54, 1.807) is 6.08 Å². The van der Waals surface area contributed by atoms with E-state index in [1.807, 2.05) is 72.8 Å². The number of hydrogen-bond donors (Lipinski definition) is 0. The number of rotatable bonds is 16. The van der Waals surface area contributed by atoms with Gasteiger partial charge >= 0.3 is 0 Å². The van der Waals surface area contributed by atoms with Gasteiger partial charge in [0.15, 0.2) is 0 Å². The number of ether oxygens (including phenoxy) is 6. The van der Waals surface area contributed by atoms with Gasteiger partial charge in [-0.15, -0.1) is 0 Å². The highest BCUT2D eigenvalue weighted by Gasteiger charge is 2.57. The van der Waals surface area contributed by atoms with Gasteiger partial charge < -0.3 is 28.4 Å². The van der Waals surface area contributed by atoms with E-state index >= 15 is 0 Å². The molecule has 0 radical (unpaired) electrons. The average molecular weight is 649 g/mol. The third-order valence-electron chi connectivity index (χ3n) is 9.14. The second-order valence-electron chi connectivity index (χ2n) is 12.7. The zero-order valence-corrected chi connectivity index (χ0v) is 27.7. The minimum absolute atomic E-state index is 0.0158. The summed E-state index contributed by atoms with van der Waals surface area (Å²) in [5, 5.41) is 0. The fourth-order valence-electron chi connectivity index (χ4n) is 6.62. The van der Waals surface area contributed by atoms with Crippen LogP contribution in [0.1, 0.15) is 54.4 Å². The summed E-state index contributed by atoms with van der Waals surface area (Å²) < 4.78 is 41.0. The summed E-state index contributed by atoms with van der Waals surface area (Å²) in [6.45, 7) is 6.11. The minimum atomic E-state index is -1.29. The van der Waals surface area contributed by atoms with Gasteiger partial charge in [0.25, 0.3) is 0 Å². The van der Waals surface area contributed by atoms with Crippen molar-refractivity contribution in [2.75, 3.05) is 6.61 Å². The molecule has 0 amide bonds. The molecule has 252 valence electrons. The van der Waals surface area contributed by atoms with Crippen molar-refractivity contribution in [2.45, 2.75) is 94.8 Å². The van der Waals surface area contributed by atoms with E-state index in [9.17, 15) is 0 Å². The van der Waals surface area contributed by atoms with Crippen LogP contribution in [0.25, 0.3) is 0 Å². The van der Waals surface area contributed by atoms with Crippen molar-refractivity contribution >= 4 is 0 Å². The van der Waals surface area contributed by atoms with Gasteiger partial charge in [-0.05, 0) is 41.2 Å². The topological polar surface area (TPSA) is 55.4 Å². The summed E-state index contributed by atoms with van der Waals surface area (Å²) in [4.78, 5) is 0. The lowest BCUT2D eigenvalue weighted by atomic mass is 9.90. The quantitative estimate of drug-likeness (QED) is 0.114. The summed E-state index contributed by atoms with van der Waals surface area (Å²) in [6.07, 6.45) is 4.85. The van der Waals surface area contributed by atoms with E-state index in [1.165, 1.54) is 6.42 Å². The molecule has 6 heteroatoms. The molecule has 1 aliphatic carbocycles. The van der Waals surface area contributed by atoms with Crippen molar-refractivity contribution in [3.8, 4) is 0 Å². The van der Waals surface area contributed by atoms with Gasteiger partial charge in [-0.3, -0.25) is 0 Å². The highest BCUT2D eigenvalue weighted by Crippen LogP contribution is 2.41. The van der Waals surface area contributed by atoms with Crippen LogP contribution in [0.15, 0.2) is 134 Å². The highest BCUT2D eigenvalue weighted by atomic mass is 16.7. The molecule has 6 rings (SSSR count). The summed E-state index contributed by atoms with van der Waals surface area (Å²) >= 11 is 0. The Balaban J connectivity index is 1.35. The van der Waals surface area contributed by atoms with Gasteiger partial charge in [-0.1, -0.05) is 147 Å². The Bertz CT molecular complexity index is 1480. The zero-order valence-electron chi connectivity index (χ0n) is 27.7. The van der Waals surface area contributed by atoms with E-state index in [0.717, 1.165) is 47.9 Å². The van der Waals surface area contributed by atoms with Crippen molar-refractivity contribution in [3.05, 3.63) is 156 Å². The smallest absolute Gasteiger partial charge is 0.218 e. The Kier molecular flexibility index (Phi) is 12.6. The monoisotopic (exact) mass is 648 g/mol. The Morgan fingerprint density at radius 3 is 1.54 bits per heavy atom. The minimum Gasteiger partial charge on any atom is -0.374 e. The molecule has 0 aromatic heterocycles. The van der Waals surface area contributed by atoms with Gasteiger partial charge in [-0.2, -0.15) is 0 Å². The maximum atomic E-state index is 7.05. The Hall–Kier alpha value is -3.62. The Labute approximate surface area is 285 Å². The predicted octanol–water partition coefficient (Wildman–Crippen LogP) is 8.59. The first-order chi connectivity index (χ1) is 23.7. The fraction of sp³-hybridized carbons (Fsp3) is 0.381. The SMILES string of the molecule is C=C[C@]1(OC2CCCCC2)OC(COCc2ccccc2)[C@@H](OCc2ccccc2)[C@H](OCc2ccccc2)C1OCc1ccccc1. The Morgan fingerprint density at radius 2 is 1.04 bits per heavy atom. The average Bonchev–Trinajstić information content (AvgIpc) is 3.15. The predicted molar refractivity (Wildman–Crippen MR) is 187 cm³/mol. The third-order valence-corrected chi connectivity index (χ3v) is 9.14. The maximum absolute atomic E-state index is 7.05. The molecule has 0 bridgehead atoms. The van der Waals surface area contributed by atoms with E-state index in [2.05, 4.69) is 55.1 Å². The summed E-state index contributed by atoms with van der Waals surface area (Å²) in [7, 11) is 0. The lowest BCUT2D eigenvalue weighted by Gasteiger charge is -2.52. The largest absolute Gasteiger partial charge is 0.374 e. The molecular weight excluding hydrogens is 600 g/mol. The van der Waals surface area contributed by atoms with Gasteiger partial charge in [0, 0.05) is 0 Å². The molecular formula is C42H48O6. The van der Waals surface area contributed by atoms with Crippen molar-refractivity contribution < 1.29 is 28.4 Å². The standard InChI is InChI=1S/C42H48O6/c1-2-42(47-37-26-16-7-17-27-37)41(46-31-36-24-14-6-15-25-36)40(45-30-35-22-12-5-13-23-35)39(44-29-34-20-10-4-11-21-34)38(48-42)32-43-28-33-18-8-3-9-19-33/h2-6,8-15,18-25,37-41H,1,7,16-17,26-32H2/t38?,39-,40+,41?,42+/m1/s1. The van der Waals surface area contributed by atoms with Crippen LogP contribution < -0.4 is 0 Å². The van der Waals surface area contributed by atoms with Crippen molar-refractivity contribution in [3.63, 3.8) is 0 Å². The fourth-order valence-corrected chi connectivity index (χ4v) is 6.62. The van der Waals surface area contributed by atoms with Crippen LogP contribution in [0.4, 0.5) is 0 Å².